The average molecular weight is 480 g/mol. The van der Waals surface area contributed by atoms with Crippen molar-refractivity contribution in [3.63, 3.8) is 0 Å². The molecule has 0 bridgehead atoms. The number of anilines is 1. The lowest BCUT2D eigenvalue weighted by atomic mass is 9.89. The van der Waals surface area contributed by atoms with Crippen molar-refractivity contribution >= 4 is 23.5 Å². The number of carbonyl (C=O) groups excluding carboxylic acids is 3. The highest BCUT2D eigenvalue weighted by Crippen LogP contribution is 2.30. The Balaban J connectivity index is 1.40. The minimum absolute atomic E-state index is 0.0334. The van der Waals surface area contributed by atoms with Crippen LogP contribution in [0.5, 0.6) is 5.75 Å². The molecular formula is C26H33N5O4. The highest BCUT2D eigenvalue weighted by atomic mass is 16.5. The summed E-state index contributed by atoms with van der Waals surface area (Å²) < 4.78 is 5.22. The van der Waals surface area contributed by atoms with Crippen LogP contribution in [-0.2, 0) is 4.79 Å². The molecule has 2 aromatic rings. The molecule has 1 aromatic heterocycles. The van der Waals surface area contributed by atoms with E-state index in [4.69, 9.17) is 9.72 Å². The molecule has 0 unspecified atom stereocenters. The van der Waals surface area contributed by atoms with E-state index in [0.717, 1.165) is 24.2 Å². The summed E-state index contributed by atoms with van der Waals surface area (Å²) in [6.45, 7) is 6.81. The molecule has 4 amide bonds. The third-order valence-corrected chi connectivity index (χ3v) is 6.80. The van der Waals surface area contributed by atoms with Crippen LogP contribution in [0.4, 0.5) is 10.5 Å². The van der Waals surface area contributed by atoms with Gasteiger partial charge in [-0.15, -0.1) is 0 Å². The number of methoxy groups -OCH3 is 1. The molecule has 0 radical (unpaired) electrons. The normalized spacial score (nSPS) is 16.7. The van der Waals surface area contributed by atoms with Crippen LogP contribution in [0.1, 0.15) is 47.4 Å². The first-order valence-electron chi connectivity index (χ1n) is 12.1. The smallest absolute Gasteiger partial charge is 0.321 e. The van der Waals surface area contributed by atoms with Gasteiger partial charge in [-0.2, -0.15) is 0 Å². The van der Waals surface area contributed by atoms with Crippen molar-refractivity contribution in [1.29, 1.82) is 0 Å². The number of piperidine rings is 1. The Bertz CT molecular complexity index is 1090. The second-order valence-electron chi connectivity index (χ2n) is 9.11. The highest BCUT2D eigenvalue weighted by Gasteiger charge is 2.30. The Morgan fingerprint density at radius 2 is 1.63 bits per heavy atom. The summed E-state index contributed by atoms with van der Waals surface area (Å²) in [4.78, 5) is 47.9. The van der Waals surface area contributed by atoms with Gasteiger partial charge in [0, 0.05) is 69.6 Å². The molecule has 0 atom stereocenters. The SMILES string of the molecule is COc1cccc(NC(=O)N2CCC(c3nc(C)ccc3C(=O)N3CCN(C(C)=O)CC3)CC2)c1. The van der Waals surface area contributed by atoms with Gasteiger partial charge in [-0.3, -0.25) is 14.6 Å². The van der Waals surface area contributed by atoms with Gasteiger partial charge >= 0.3 is 6.03 Å². The Hall–Kier alpha value is -3.62. The molecule has 3 heterocycles. The highest BCUT2D eigenvalue weighted by molar-refractivity contribution is 5.95. The number of ether oxygens (including phenoxy) is 1. The maximum absolute atomic E-state index is 13.4. The number of carbonyl (C=O) groups is 3. The lowest BCUT2D eigenvalue weighted by molar-refractivity contribution is -0.130. The van der Waals surface area contributed by atoms with E-state index in [1.54, 1.807) is 29.9 Å². The van der Waals surface area contributed by atoms with Crippen molar-refractivity contribution < 1.29 is 19.1 Å². The topological polar surface area (TPSA) is 95.1 Å². The average Bonchev–Trinajstić information content (AvgIpc) is 2.88. The molecule has 2 fully saturated rings. The number of urea groups is 1. The van der Waals surface area contributed by atoms with Gasteiger partial charge in [0.2, 0.25) is 5.91 Å². The first-order valence-corrected chi connectivity index (χ1v) is 12.1. The summed E-state index contributed by atoms with van der Waals surface area (Å²) in [5.74, 6) is 0.797. The number of aryl methyl sites for hydroxylation is 1. The first kappa shape index (κ1) is 24.5. The Morgan fingerprint density at radius 1 is 0.943 bits per heavy atom. The van der Waals surface area contributed by atoms with Gasteiger partial charge in [-0.25, -0.2) is 4.79 Å². The molecule has 1 aromatic carbocycles. The molecule has 9 nitrogen and oxygen atoms in total. The van der Waals surface area contributed by atoms with Crippen LogP contribution in [-0.4, -0.2) is 83.9 Å². The van der Waals surface area contributed by atoms with Crippen LogP contribution in [0.2, 0.25) is 0 Å². The summed E-state index contributed by atoms with van der Waals surface area (Å²) >= 11 is 0. The fraction of sp³-hybridized carbons (Fsp3) is 0.462. The minimum atomic E-state index is -0.145. The molecule has 2 aliphatic rings. The van der Waals surface area contributed by atoms with E-state index in [1.807, 2.05) is 42.2 Å². The van der Waals surface area contributed by atoms with Crippen LogP contribution in [0.25, 0.3) is 0 Å². The number of hydrogen-bond acceptors (Lipinski definition) is 5. The molecule has 2 saturated heterocycles. The molecule has 35 heavy (non-hydrogen) atoms. The van der Waals surface area contributed by atoms with Crippen molar-refractivity contribution in [1.82, 2.24) is 19.7 Å². The number of piperazine rings is 1. The minimum Gasteiger partial charge on any atom is -0.497 e. The predicted octanol–water partition coefficient (Wildman–Crippen LogP) is 3.11. The van der Waals surface area contributed by atoms with Gasteiger partial charge in [-0.1, -0.05) is 6.07 Å². The lowest BCUT2D eigenvalue weighted by Crippen LogP contribution is -2.50. The maximum Gasteiger partial charge on any atom is 0.321 e. The Labute approximate surface area is 206 Å². The number of rotatable bonds is 4. The van der Waals surface area contributed by atoms with Crippen LogP contribution >= 0.6 is 0 Å². The standard InChI is InChI=1S/C26H33N5O4/c1-18-7-8-23(25(33)30-15-13-29(14-16-30)19(2)32)24(27-18)20-9-11-31(12-10-20)26(34)28-21-5-4-6-22(17-21)35-3/h4-8,17,20H,9-16H2,1-3H3,(H,28,34). The number of pyridine rings is 1. The zero-order chi connectivity index (χ0) is 24.9. The summed E-state index contributed by atoms with van der Waals surface area (Å²) in [5.41, 5.74) is 3.01. The summed E-state index contributed by atoms with van der Waals surface area (Å²) in [6.07, 6.45) is 1.47. The van der Waals surface area contributed by atoms with Gasteiger partial charge < -0.3 is 24.8 Å². The van der Waals surface area contributed by atoms with Gasteiger partial charge in [-0.05, 0) is 44.0 Å². The Morgan fingerprint density at radius 3 is 2.29 bits per heavy atom. The summed E-state index contributed by atoms with van der Waals surface area (Å²) in [7, 11) is 1.59. The van der Waals surface area contributed by atoms with Gasteiger partial charge in [0.25, 0.3) is 5.91 Å². The number of benzene rings is 1. The third kappa shape index (κ3) is 5.72. The maximum atomic E-state index is 13.4. The molecule has 4 rings (SSSR count). The number of nitrogens with one attached hydrogen (secondary N) is 1. The zero-order valence-corrected chi connectivity index (χ0v) is 20.6. The van der Waals surface area contributed by atoms with Crippen molar-refractivity contribution in [3.05, 3.63) is 53.3 Å². The predicted molar refractivity (Wildman–Crippen MR) is 133 cm³/mol. The fourth-order valence-corrected chi connectivity index (χ4v) is 4.72. The Kier molecular flexibility index (Phi) is 7.53. The number of hydrogen-bond donors (Lipinski definition) is 1. The third-order valence-electron chi connectivity index (χ3n) is 6.80. The zero-order valence-electron chi connectivity index (χ0n) is 20.6. The van der Waals surface area contributed by atoms with E-state index in [0.29, 0.717) is 56.3 Å². The van der Waals surface area contributed by atoms with Crippen LogP contribution in [0.15, 0.2) is 36.4 Å². The van der Waals surface area contributed by atoms with Crippen molar-refractivity contribution in [2.45, 2.75) is 32.6 Å². The number of aromatic nitrogens is 1. The molecule has 2 aliphatic heterocycles. The van der Waals surface area contributed by atoms with E-state index < -0.39 is 0 Å². The van der Waals surface area contributed by atoms with Crippen LogP contribution in [0, 0.1) is 6.92 Å². The lowest BCUT2D eigenvalue weighted by Gasteiger charge is -2.35. The van der Waals surface area contributed by atoms with Crippen LogP contribution in [0.3, 0.4) is 0 Å². The summed E-state index contributed by atoms with van der Waals surface area (Å²) in [5, 5.41) is 2.94. The largest absolute Gasteiger partial charge is 0.497 e. The monoisotopic (exact) mass is 479 g/mol. The molecule has 0 aliphatic carbocycles. The van der Waals surface area contributed by atoms with Crippen molar-refractivity contribution in [3.8, 4) is 5.75 Å². The molecule has 0 saturated carbocycles. The van der Waals surface area contributed by atoms with Crippen LogP contribution < -0.4 is 10.1 Å². The molecule has 186 valence electrons. The molecule has 0 spiro atoms. The quantitative estimate of drug-likeness (QED) is 0.727. The van der Waals surface area contributed by atoms with Crippen molar-refractivity contribution in [2.75, 3.05) is 51.7 Å². The van der Waals surface area contributed by atoms with E-state index in [9.17, 15) is 14.4 Å². The van der Waals surface area contributed by atoms with E-state index >= 15 is 0 Å². The number of likely N-dealkylation sites (tertiary alicyclic amines) is 1. The number of nitrogens with zero attached hydrogens (tertiary/aromatic N) is 4. The summed E-state index contributed by atoms with van der Waals surface area (Å²) in [6, 6.07) is 10.9. The van der Waals surface area contributed by atoms with Gasteiger partial charge in [0.05, 0.1) is 18.4 Å². The molecular weight excluding hydrogens is 446 g/mol. The molecule has 9 heteroatoms. The first-order chi connectivity index (χ1) is 16.9. The second-order valence-corrected chi connectivity index (χ2v) is 9.11. The van der Waals surface area contributed by atoms with E-state index in [-0.39, 0.29) is 23.8 Å². The van der Waals surface area contributed by atoms with E-state index in [1.165, 1.54) is 0 Å². The fourth-order valence-electron chi connectivity index (χ4n) is 4.72. The van der Waals surface area contributed by atoms with E-state index in [2.05, 4.69) is 5.32 Å². The van der Waals surface area contributed by atoms with Crippen molar-refractivity contribution in [2.24, 2.45) is 0 Å². The van der Waals surface area contributed by atoms with Gasteiger partial charge in [0.15, 0.2) is 0 Å². The second kappa shape index (κ2) is 10.8. The molecule has 1 N–H and O–H groups in total. The van der Waals surface area contributed by atoms with Gasteiger partial charge in [0.1, 0.15) is 5.75 Å². The number of amides is 4.